The zero-order chi connectivity index (χ0) is 40.4. The minimum absolute atomic E-state index is 0.0433. The molecule has 0 aliphatic carbocycles. The molecule has 1 aromatic carbocycles. The van der Waals surface area contributed by atoms with E-state index in [2.05, 4.69) is 15.3 Å². The van der Waals surface area contributed by atoms with E-state index in [0.29, 0.717) is 17.5 Å². The van der Waals surface area contributed by atoms with Crippen LogP contribution in [0.5, 0.6) is 0 Å². The van der Waals surface area contributed by atoms with Gasteiger partial charge in [-0.05, 0) is 60.2 Å². The van der Waals surface area contributed by atoms with Crippen LogP contribution in [-0.4, -0.2) is 124 Å². The number of esters is 1. The Bertz CT molecular complexity index is 1760. The second kappa shape index (κ2) is 17.1. The number of nitrogens with zero attached hydrogens (tertiary/aromatic N) is 3. The number of aliphatic hydroxyl groups is 1. The van der Waals surface area contributed by atoms with Gasteiger partial charge < -0.3 is 39.0 Å². The molecule has 1 amide bonds. The molecule has 0 bridgehead atoms. The fourth-order valence-corrected chi connectivity index (χ4v) is 8.48. The summed E-state index contributed by atoms with van der Waals surface area (Å²) in [5.74, 6) is -5.90. The first-order chi connectivity index (χ1) is 25.9. The van der Waals surface area contributed by atoms with Crippen molar-refractivity contribution in [3.8, 4) is 0 Å². The van der Waals surface area contributed by atoms with Gasteiger partial charge in [-0.1, -0.05) is 52.0 Å². The van der Waals surface area contributed by atoms with Crippen LogP contribution >= 0.6 is 0 Å². The molecule has 0 radical (unpaired) electrons. The molecule has 5 rings (SSSR count). The summed E-state index contributed by atoms with van der Waals surface area (Å²) >= 11 is 0. The van der Waals surface area contributed by atoms with Crippen molar-refractivity contribution in [2.24, 2.45) is 17.8 Å². The molecule has 0 saturated carbocycles. The largest absolute Gasteiger partial charge is 0.456 e. The zero-order valence-corrected chi connectivity index (χ0v) is 33.1. The number of alkyl carbamates (subject to hydrolysis) is 1. The van der Waals surface area contributed by atoms with Gasteiger partial charge in [0.2, 0.25) is 0 Å². The van der Waals surface area contributed by atoms with Gasteiger partial charge in [0.05, 0.1) is 41.5 Å². The van der Waals surface area contributed by atoms with Gasteiger partial charge >= 0.3 is 12.1 Å². The molecule has 3 saturated heterocycles. The van der Waals surface area contributed by atoms with Crippen LogP contribution < -0.4 is 5.32 Å². The van der Waals surface area contributed by atoms with Gasteiger partial charge in [-0.2, -0.15) is 0 Å². The number of ether oxygens (including phenoxy) is 5. The summed E-state index contributed by atoms with van der Waals surface area (Å²) in [5.41, 5.74) is -0.942. The van der Waals surface area contributed by atoms with Crippen molar-refractivity contribution >= 4 is 40.7 Å². The molecule has 0 spiro atoms. The Morgan fingerprint density at radius 3 is 2.45 bits per heavy atom. The lowest BCUT2D eigenvalue weighted by Crippen LogP contribution is -2.60. The number of carbonyl (C=O) groups excluding carboxylic acids is 4. The number of aromatic nitrogens is 2. The molecule has 3 aliphatic heterocycles. The first kappa shape index (κ1) is 42.3. The van der Waals surface area contributed by atoms with E-state index < -0.39 is 83.6 Å². The topological polar surface area (TPSA) is 176 Å². The SMILES string of the molecule is CC[C@@H]1OC(=O)C(F)C(=O)[C@H](C)[C@@H](O[C@@H]2O[C@H](C)C[C@H](N(C)C)[C@H]2O)[C@@](C)(OC/C=C/c2cccc3nccnc23)C[C@@H](C)C(=O)[C@@H](C)[C@H]2NC(=O)O[C@]12C. The maximum atomic E-state index is 16.2. The van der Waals surface area contributed by atoms with E-state index in [1.165, 1.54) is 13.8 Å². The first-order valence-corrected chi connectivity index (χ1v) is 19.0. The number of hydrogen-bond donors (Lipinski definition) is 2. The lowest BCUT2D eigenvalue weighted by molar-refractivity contribution is -0.296. The Balaban J connectivity index is 1.57. The summed E-state index contributed by atoms with van der Waals surface area (Å²) in [6, 6.07) is 4.23. The van der Waals surface area contributed by atoms with E-state index in [-0.39, 0.29) is 37.4 Å². The normalized spacial score (nSPS) is 38.1. The third-order valence-electron chi connectivity index (χ3n) is 11.5. The van der Waals surface area contributed by atoms with E-state index in [4.69, 9.17) is 23.7 Å². The van der Waals surface area contributed by atoms with E-state index in [1.54, 1.807) is 46.2 Å². The highest BCUT2D eigenvalue weighted by molar-refractivity contribution is 6.03. The molecule has 2 aromatic rings. The molecule has 55 heavy (non-hydrogen) atoms. The second-order valence-electron chi connectivity index (χ2n) is 15.8. The van der Waals surface area contributed by atoms with E-state index in [9.17, 15) is 24.3 Å². The van der Waals surface area contributed by atoms with Crippen molar-refractivity contribution in [1.29, 1.82) is 0 Å². The number of alkyl halides is 1. The third kappa shape index (κ3) is 8.75. The van der Waals surface area contributed by atoms with E-state index in [1.807, 2.05) is 50.2 Å². The number of likely N-dealkylation sites (N-methyl/N-ethyl adjacent to an activating group) is 1. The molecular formula is C40H55FN4O10. The zero-order valence-electron chi connectivity index (χ0n) is 33.1. The molecule has 1 unspecified atom stereocenters. The number of cyclic esters (lactones) is 1. The van der Waals surface area contributed by atoms with Gasteiger partial charge in [0, 0.05) is 41.8 Å². The van der Waals surface area contributed by atoms with Gasteiger partial charge in [0.1, 0.15) is 18.0 Å². The quantitative estimate of drug-likeness (QED) is 0.289. The van der Waals surface area contributed by atoms with Crippen LogP contribution in [0.1, 0.15) is 73.3 Å². The minimum Gasteiger partial charge on any atom is -0.456 e. The number of rotatable bonds is 8. The van der Waals surface area contributed by atoms with Crippen LogP contribution in [0.3, 0.4) is 0 Å². The number of Topliss-reactive ketones (excluding diaryl/α,β-unsaturated/α-hetero) is 2. The van der Waals surface area contributed by atoms with Gasteiger partial charge in [0.25, 0.3) is 6.17 Å². The average molecular weight is 771 g/mol. The molecule has 3 aliphatic rings. The van der Waals surface area contributed by atoms with Gasteiger partial charge in [-0.3, -0.25) is 19.6 Å². The smallest absolute Gasteiger partial charge is 0.408 e. The number of carbonyl (C=O) groups is 4. The number of ketones is 2. The van der Waals surface area contributed by atoms with Crippen molar-refractivity contribution in [3.63, 3.8) is 0 Å². The first-order valence-electron chi connectivity index (χ1n) is 19.0. The standard InChI is InChI=1S/C40H55FN4O10/c1-10-28-40(7)34(44-38(50)55-40)23(4)31(46)21(2)20-39(6,51-18-12-14-25-13-11-15-26-30(25)43-17-16-42-26)35(24(5)32(47)29(41)36(49)53-28)54-37-33(48)27(45(8)9)19-22(3)52-37/h11-17,21-24,27-29,33-35,37,48H,10,18-20H2,1-9H3,(H,44,50)/b14-12+/t21-,22-,23-,24+,27+,28+,29?,33-,34-,35-,37+,39+,40-/m1/s1. The van der Waals surface area contributed by atoms with Crippen LogP contribution in [-0.2, 0) is 38.1 Å². The summed E-state index contributed by atoms with van der Waals surface area (Å²) in [4.78, 5) is 65.2. The fraction of sp³-hybridized carbons (Fsp3) is 0.650. The predicted molar refractivity (Wildman–Crippen MR) is 199 cm³/mol. The van der Waals surface area contributed by atoms with Crippen LogP contribution in [0, 0.1) is 17.8 Å². The number of nitrogens with one attached hydrogen (secondary N) is 1. The summed E-state index contributed by atoms with van der Waals surface area (Å²) in [6.45, 7) is 11.4. The Morgan fingerprint density at radius 2 is 1.76 bits per heavy atom. The summed E-state index contributed by atoms with van der Waals surface area (Å²) in [5, 5.41) is 14.2. The van der Waals surface area contributed by atoms with Crippen molar-refractivity contribution in [1.82, 2.24) is 20.2 Å². The molecule has 4 heterocycles. The molecule has 3 fully saturated rings. The van der Waals surface area contributed by atoms with Crippen LogP contribution in [0.15, 0.2) is 36.7 Å². The maximum absolute atomic E-state index is 16.2. The summed E-state index contributed by atoms with van der Waals surface area (Å²) in [6.07, 6.45) is -1.64. The molecule has 302 valence electrons. The highest BCUT2D eigenvalue weighted by Gasteiger charge is 2.57. The number of amides is 1. The number of fused-ring (bicyclic) bond motifs is 2. The van der Waals surface area contributed by atoms with Crippen LogP contribution in [0.2, 0.25) is 0 Å². The van der Waals surface area contributed by atoms with Gasteiger partial charge in [-0.25, -0.2) is 14.0 Å². The van der Waals surface area contributed by atoms with Crippen molar-refractivity contribution in [2.75, 3.05) is 20.7 Å². The molecule has 14 nitrogen and oxygen atoms in total. The highest BCUT2D eigenvalue weighted by Crippen LogP contribution is 2.40. The Kier molecular flexibility index (Phi) is 13.1. The van der Waals surface area contributed by atoms with Crippen LogP contribution in [0.25, 0.3) is 17.1 Å². The summed E-state index contributed by atoms with van der Waals surface area (Å²) in [7, 11) is 3.63. The second-order valence-corrected chi connectivity index (χ2v) is 15.8. The van der Waals surface area contributed by atoms with Crippen molar-refractivity contribution in [2.45, 2.75) is 128 Å². The lowest BCUT2D eigenvalue weighted by atomic mass is 9.74. The van der Waals surface area contributed by atoms with Crippen molar-refractivity contribution < 1.29 is 52.4 Å². The maximum Gasteiger partial charge on any atom is 0.408 e. The van der Waals surface area contributed by atoms with Crippen molar-refractivity contribution in [3.05, 3.63) is 42.2 Å². The predicted octanol–water partition coefficient (Wildman–Crippen LogP) is 4.21. The molecular weight excluding hydrogens is 715 g/mol. The number of halogens is 1. The molecule has 13 atom stereocenters. The average Bonchev–Trinajstić information content (AvgIpc) is 3.47. The molecule has 2 N–H and O–H groups in total. The lowest BCUT2D eigenvalue weighted by Gasteiger charge is -2.47. The number of aliphatic hydroxyl groups excluding tert-OH is 1. The molecule has 15 heteroatoms. The monoisotopic (exact) mass is 770 g/mol. The van der Waals surface area contributed by atoms with E-state index in [0.717, 1.165) is 5.56 Å². The molecule has 1 aromatic heterocycles. The van der Waals surface area contributed by atoms with E-state index >= 15 is 4.39 Å². The number of hydrogen-bond acceptors (Lipinski definition) is 13. The summed E-state index contributed by atoms with van der Waals surface area (Å²) < 4.78 is 46.7. The number of para-hydroxylation sites is 1. The van der Waals surface area contributed by atoms with Crippen LogP contribution in [0.4, 0.5) is 9.18 Å². The number of benzene rings is 1. The Labute approximate surface area is 321 Å². The van der Waals surface area contributed by atoms with Gasteiger partial charge in [-0.15, -0.1) is 0 Å². The minimum atomic E-state index is -2.75. The highest BCUT2D eigenvalue weighted by atomic mass is 19.1. The Morgan fingerprint density at radius 1 is 1.05 bits per heavy atom. The Hall–Kier alpha value is -3.89. The van der Waals surface area contributed by atoms with Gasteiger partial charge in [0.15, 0.2) is 17.7 Å². The third-order valence-corrected chi connectivity index (χ3v) is 11.5. The fourth-order valence-electron chi connectivity index (χ4n) is 8.48.